The Morgan fingerprint density at radius 2 is 1.33 bits per heavy atom. The smallest absolute Gasteiger partial charge is 0.410 e. The molecule has 206 valence electrons. The molecule has 2 aliphatic heterocycles. The van der Waals surface area contributed by atoms with Gasteiger partial charge in [-0.15, -0.1) is 0 Å². The summed E-state index contributed by atoms with van der Waals surface area (Å²) in [7, 11) is 0. The van der Waals surface area contributed by atoms with Gasteiger partial charge in [-0.1, -0.05) is 23.7 Å². The zero-order chi connectivity index (χ0) is 28.6. The van der Waals surface area contributed by atoms with Gasteiger partial charge in [-0.2, -0.15) is 10.5 Å². The molecule has 0 atom stereocenters. The number of carboxylic acid groups (broad SMARTS) is 1. The number of nitriles is 2. The van der Waals surface area contributed by atoms with Crippen LogP contribution in [0.15, 0.2) is 42.5 Å². The molecule has 2 aliphatic rings. The van der Waals surface area contributed by atoms with Gasteiger partial charge in [0.15, 0.2) is 0 Å². The van der Waals surface area contributed by atoms with E-state index in [0.29, 0.717) is 68.5 Å². The molecule has 0 unspecified atom stereocenters. The van der Waals surface area contributed by atoms with Crippen molar-refractivity contribution in [1.82, 2.24) is 9.80 Å². The Labute approximate surface area is 234 Å². The van der Waals surface area contributed by atoms with Gasteiger partial charge in [-0.25, -0.2) is 9.59 Å². The van der Waals surface area contributed by atoms with Crippen molar-refractivity contribution in [3.8, 4) is 12.1 Å². The van der Waals surface area contributed by atoms with Crippen LogP contribution in [-0.2, 0) is 4.74 Å². The number of amides is 2. The minimum Gasteiger partial charge on any atom is -0.465 e. The summed E-state index contributed by atoms with van der Waals surface area (Å²) in [5.74, 6) is 0. The average molecular weight is 553 g/mol. The molecule has 0 bridgehead atoms. The summed E-state index contributed by atoms with van der Waals surface area (Å²) < 4.78 is 5.38. The number of hydrogen-bond donors (Lipinski definition) is 1. The Hall–Kier alpha value is -4.15. The lowest BCUT2D eigenvalue weighted by molar-refractivity contribution is 0.0240. The minimum absolute atomic E-state index is 0.288. The fourth-order valence-corrected chi connectivity index (χ4v) is 4.48. The minimum atomic E-state index is -0.877. The number of ether oxygens (including phenoxy) is 1. The molecule has 1 N–H and O–H groups in total. The van der Waals surface area contributed by atoms with Crippen molar-refractivity contribution >= 4 is 35.2 Å². The second kappa shape index (κ2) is 13.1. The van der Waals surface area contributed by atoms with Crippen molar-refractivity contribution in [1.29, 1.82) is 10.5 Å². The van der Waals surface area contributed by atoms with E-state index in [9.17, 15) is 14.9 Å². The highest BCUT2D eigenvalue weighted by molar-refractivity contribution is 6.30. The number of para-hydroxylation sites is 1. The van der Waals surface area contributed by atoms with E-state index in [1.54, 1.807) is 23.1 Å². The van der Waals surface area contributed by atoms with Crippen LogP contribution in [0.2, 0.25) is 5.02 Å². The third-order valence-electron chi connectivity index (χ3n) is 6.27. The normalized spacial score (nSPS) is 15.4. The third-order valence-corrected chi connectivity index (χ3v) is 6.50. The number of nitrogens with zero attached hydrogens (tertiary/aromatic N) is 6. The second-order valence-corrected chi connectivity index (χ2v) is 10.5. The molecule has 2 saturated heterocycles. The molecule has 4 rings (SSSR count). The van der Waals surface area contributed by atoms with E-state index >= 15 is 0 Å². The van der Waals surface area contributed by atoms with Crippen LogP contribution in [0.3, 0.4) is 0 Å². The van der Waals surface area contributed by atoms with E-state index in [4.69, 9.17) is 26.7 Å². The summed E-state index contributed by atoms with van der Waals surface area (Å²) in [6.07, 6.45) is -1.16. The molecule has 2 aromatic carbocycles. The van der Waals surface area contributed by atoms with Crippen LogP contribution in [-0.4, -0.2) is 85.1 Å². The molecule has 0 radical (unpaired) electrons. The summed E-state index contributed by atoms with van der Waals surface area (Å²) in [5.41, 5.74) is 2.45. The molecule has 2 fully saturated rings. The van der Waals surface area contributed by atoms with E-state index in [1.165, 1.54) is 4.90 Å². The van der Waals surface area contributed by atoms with E-state index in [0.717, 1.165) is 11.4 Å². The lowest BCUT2D eigenvalue weighted by Crippen LogP contribution is -2.50. The Morgan fingerprint density at radius 3 is 1.85 bits per heavy atom. The fourth-order valence-electron chi connectivity index (χ4n) is 4.31. The maximum absolute atomic E-state index is 12.0. The molecule has 10 nitrogen and oxygen atoms in total. The van der Waals surface area contributed by atoms with Crippen molar-refractivity contribution in [2.24, 2.45) is 0 Å². The topological polar surface area (TPSA) is 124 Å². The number of benzene rings is 2. The Balaban J connectivity index is 0.000000223. The van der Waals surface area contributed by atoms with E-state index < -0.39 is 11.7 Å². The molecule has 0 aromatic heterocycles. The highest BCUT2D eigenvalue weighted by Crippen LogP contribution is 2.25. The molecule has 0 aliphatic carbocycles. The molecule has 2 aromatic rings. The van der Waals surface area contributed by atoms with Gasteiger partial charge >= 0.3 is 12.2 Å². The first-order valence-electron chi connectivity index (χ1n) is 12.7. The zero-order valence-electron chi connectivity index (χ0n) is 22.4. The molecule has 0 spiro atoms. The van der Waals surface area contributed by atoms with Gasteiger partial charge < -0.3 is 29.4 Å². The number of anilines is 2. The van der Waals surface area contributed by atoms with Crippen LogP contribution >= 0.6 is 11.6 Å². The van der Waals surface area contributed by atoms with Crippen molar-refractivity contribution in [2.75, 3.05) is 62.2 Å². The monoisotopic (exact) mass is 552 g/mol. The van der Waals surface area contributed by atoms with E-state index in [1.807, 2.05) is 45.0 Å². The van der Waals surface area contributed by atoms with Crippen molar-refractivity contribution in [3.05, 3.63) is 58.6 Å². The predicted octanol–water partition coefficient (Wildman–Crippen LogP) is 4.63. The summed E-state index contributed by atoms with van der Waals surface area (Å²) in [4.78, 5) is 30.1. The number of carbonyl (C=O) groups is 2. The Bertz CT molecular complexity index is 1250. The lowest BCUT2D eigenvalue weighted by Gasteiger charge is -2.37. The second-order valence-electron chi connectivity index (χ2n) is 10.1. The predicted molar refractivity (Wildman–Crippen MR) is 149 cm³/mol. The lowest BCUT2D eigenvalue weighted by atomic mass is 10.1. The van der Waals surface area contributed by atoms with Crippen LogP contribution in [0, 0.1) is 22.7 Å². The average Bonchev–Trinajstić information content (AvgIpc) is 2.92. The van der Waals surface area contributed by atoms with Gasteiger partial charge in [0.2, 0.25) is 0 Å². The maximum atomic E-state index is 12.0. The Morgan fingerprint density at radius 1 is 0.821 bits per heavy atom. The summed E-state index contributed by atoms with van der Waals surface area (Å²) in [5, 5.41) is 27.6. The van der Waals surface area contributed by atoms with Gasteiger partial charge in [-0.05, 0) is 51.1 Å². The number of carbonyl (C=O) groups excluding carboxylic acids is 1. The molecule has 11 heteroatoms. The largest absolute Gasteiger partial charge is 0.465 e. The van der Waals surface area contributed by atoms with Crippen LogP contribution in [0.1, 0.15) is 31.9 Å². The van der Waals surface area contributed by atoms with Crippen molar-refractivity contribution < 1.29 is 19.4 Å². The fraction of sp³-hybridized carbons (Fsp3) is 0.429. The highest BCUT2D eigenvalue weighted by Gasteiger charge is 2.27. The molecular weight excluding hydrogens is 520 g/mol. The van der Waals surface area contributed by atoms with Gasteiger partial charge in [0, 0.05) is 57.4 Å². The first-order valence-corrected chi connectivity index (χ1v) is 13.0. The number of piperazine rings is 2. The Kier molecular flexibility index (Phi) is 9.86. The SMILES string of the molecule is CC(C)(C)OC(=O)N1CCN(c2ccc(Cl)cc2C#N)CC1.N#Cc1ccccc1N1CCN(C(=O)O)CC1. The first-order chi connectivity index (χ1) is 18.5. The van der Waals surface area contributed by atoms with Crippen LogP contribution < -0.4 is 9.80 Å². The number of hydrogen-bond acceptors (Lipinski definition) is 7. The summed E-state index contributed by atoms with van der Waals surface area (Å²) in [6.45, 7) is 10.3. The molecular formula is C28H33ClN6O4. The number of halogens is 1. The van der Waals surface area contributed by atoms with Crippen LogP contribution in [0.5, 0.6) is 0 Å². The quantitative estimate of drug-likeness (QED) is 0.572. The van der Waals surface area contributed by atoms with Crippen molar-refractivity contribution in [3.63, 3.8) is 0 Å². The third kappa shape index (κ3) is 8.17. The van der Waals surface area contributed by atoms with Gasteiger partial charge in [-0.3, -0.25) is 0 Å². The van der Waals surface area contributed by atoms with Crippen LogP contribution in [0.4, 0.5) is 21.0 Å². The molecule has 2 amide bonds. The number of rotatable bonds is 2. The van der Waals surface area contributed by atoms with E-state index in [2.05, 4.69) is 21.9 Å². The van der Waals surface area contributed by atoms with Crippen LogP contribution in [0.25, 0.3) is 0 Å². The molecule has 39 heavy (non-hydrogen) atoms. The van der Waals surface area contributed by atoms with Gasteiger partial charge in [0.25, 0.3) is 0 Å². The van der Waals surface area contributed by atoms with Crippen molar-refractivity contribution in [2.45, 2.75) is 26.4 Å². The van der Waals surface area contributed by atoms with Gasteiger partial charge in [0.05, 0.1) is 22.5 Å². The first kappa shape index (κ1) is 29.4. The molecule has 0 saturated carbocycles. The van der Waals surface area contributed by atoms with E-state index in [-0.39, 0.29) is 6.09 Å². The zero-order valence-corrected chi connectivity index (χ0v) is 23.2. The summed E-state index contributed by atoms with van der Waals surface area (Å²) in [6, 6.07) is 17.0. The van der Waals surface area contributed by atoms with Gasteiger partial charge in [0.1, 0.15) is 17.7 Å². The molecule has 2 heterocycles. The summed E-state index contributed by atoms with van der Waals surface area (Å²) >= 11 is 5.92. The maximum Gasteiger partial charge on any atom is 0.410 e. The standard InChI is InChI=1S/C16H20ClN3O2.C12H13N3O2/c1-16(2,3)22-15(21)20-8-6-19(7-9-20)14-5-4-13(17)10-12(14)11-18;13-9-10-3-1-2-4-11(10)14-5-7-15(8-6-14)12(16)17/h4-5,10H,6-9H2,1-3H3;1-4H,5-8H2,(H,16,17). The highest BCUT2D eigenvalue weighted by atomic mass is 35.5.